The SMILES string of the molecule is COC(=O)c1ccc2nc(NC(=O)[C@@H](C)Oc3ccc(Cl)cc3Cl)sc2c1. The Balaban J connectivity index is 1.72. The Morgan fingerprint density at radius 1 is 1.19 bits per heavy atom. The first-order valence-electron chi connectivity index (χ1n) is 7.79. The van der Waals surface area contributed by atoms with Crippen LogP contribution in [0.3, 0.4) is 0 Å². The van der Waals surface area contributed by atoms with Gasteiger partial charge < -0.3 is 9.47 Å². The van der Waals surface area contributed by atoms with Crippen LogP contribution in [-0.4, -0.2) is 30.1 Å². The van der Waals surface area contributed by atoms with Crippen LogP contribution in [0.5, 0.6) is 5.75 Å². The molecule has 3 rings (SSSR count). The molecule has 0 fully saturated rings. The van der Waals surface area contributed by atoms with Crippen molar-refractivity contribution in [2.24, 2.45) is 0 Å². The number of amides is 1. The summed E-state index contributed by atoms with van der Waals surface area (Å²) in [5.74, 6) is -0.457. The molecule has 2 aromatic carbocycles. The van der Waals surface area contributed by atoms with Gasteiger partial charge in [-0.2, -0.15) is 0 Å². The van der Waals surface area contributed by atoms with Gasteiger partial charge in [-0.25, -0.2) is 9.78 Å². The smallest absolute Gasteiger partial charge is 0.337 e. The number of hydrogen-bond acceptors (Lipinski definition) is 6. The average Bonchev–Trinajstić information content (AvgIpc) is 3.04. The topological polar surface area (TPSA) is 77.5 Å². The zero-order valence-electron chi connectivity index (χ0n) is 14.3. The fourth-order valence-corrected chi connectivity index (χ4v) is 3.61. The maximum absolute atomic E-state index is 12.4. The normalized spacial score (nSPS) is 11.9. The second-order valence-electron chi connectivity index (χ2n) is 5.52. The summed E-state index contributed by atoms with van der Waals surface area (Å²) >= 11 is 13.1. The molecule has 1 amide bonds. The minimum Gasteiger partial charge on any atom is -0.479 e. The Kier molecular flexibility index (Phi) is 5.84. The van der Waals surface area contributed by atoms with Gasteiger partial charge in [0.1, 0.15) is 5.75 Å². The number of benzene rings is 2. The standard InChI is InChI=1S/C18H14Cl2N2O4S/c1-9(26-14-6-4-11(19)8-12(14)20)16(23)22-18-21-13-5-3-10(17(24)25-2)7-15(13)27-18/h3-9H,1-2H3,(H,21,22,23)/t9-/m1/s1. The number of nitrogens with one attached hydrogen (secondary N) is 1. The van der Waals surface area contributed by atoms with Crippen LogP contribution in [-0.2, 0) is 9.53 Å². The Hall–Kier alpha value is -2.35. The number of anilines is 1. The third kappa shape index (κ3) is 4.50. The van der Waals surface area contributed by atoms with Crippen molar-refractivity contribution in [3.63, 3.8) is 0 Å². The lowest BCUT2D eigenvalue weighted by atomic mass is 10.2. The van der Waals surface area contributed by atoms with Crippen LogP contribution < -0.4 is 10.1 Å². The maximum atomic E-state index is 12.4. The quantitative estimate of drug-likeness (QED) is 0.595. The van der Waals surface area contributed by atoms with Crippen molar-refractivity contribution in [3.05, 3.63) is 52.0 Å². The van der Waals surface area contributed by atoms with Crippen molar-refractivity contribution < 1.29 is 19.1 Å². The zero-order valence-corrected chi connectivity index (χ0v) is 16.6. The van der Waals surface area contributed by atoms with E-state index in [4.69, 9.17) is 32.7 Å². The van der Waals surface area contributed by atoms with E-state index in [1.807, 2.05) is 0 Å². The molecular weight excluding hydrogens is 411 g/mol. The molecule has 0 unspecified atom stereocenters. The summed E-state index contributed by atoms with van der Waals surface area (Å²) in [6, 6.07) is 9.74. The summed E-state index contributed by atoms with van der Waals surface area (Å²) in [5, 5.41) is 3.90. The van der Waals surface area contributed by atoms with Gasteiger partial charge in [0.2, 0.25) is 0 Å². The third-order valence-corrected chi connectivity index (χ3v) is 5.07. The number of hydrogen-bond donors (Lipinski definition) is 1. The molecule has 0 spiro atoms. The van der Waals surface area contributed by atoms with Gasteiger partial charge in [0.15, 0.2) is 11.2 Å². The van der Waals surface area contributed by atoms with Crippen LogP contribution in [0.4, 0.5) is 5.13 Å². The van der Waals surface area contributed by atoms with E-state index < -0.39 is 12.1 Å². The molecule has 6 nitrogen and oxygen atoms in total. The summed E-state index contributed by atoms with van der Waals surface area (Å²) < 4.78 is 11.0. The molecule has 3 aromatic rings. The Bertz CT molecular complexity index is 1020. The molecule has 9 heteroatoms. The number of ether oxygens (including phenoxy) is 2. The number of nitrogens with zero attached hydrogens (tertiary/aromatic N) is 1. The fraction of sp³-hybridized carbons (Fsp3) is 0.167. The molecule has 0 aliphatic carbocycles. The molecule has 1 aromatic heterocycles. The number of carbonyl (C=O) groups excluding carboxylic acids is 2. The van der Waals surface area contributed by atoms with Crippen LogP contribution in [0, 0.1) is 0 Å². The first-order valence-corrected chi connectivity index (χ1v) is 9.36. The predicted molar refractivity (Wildman–Crippen MR) is 106 cm³/mol. The molecule has 0 bridgehead atoms. The molecule has 0 saturated heterocycles. The van der Waals surface area contributed by atoms with Gasteiger partial charge in [-0.15, -0.1) is 0 Å². The van der Waals surface area contributed by atoms with E-state index in [1.165, 1.54) is 24.5 Å². The Labute approximate surface area is 169 Å². The molecule has 0 radical (unpaired) electrons. The molecule has 1 atom stereocenters. The summed E-state index contributed by atoms with van der Waals surface area (Å²) in [6.07, 6.45) is -0.804. The number of rotatable bonds is 5. The lowest BCUT2D eigenvalue weighted by molar-refractivity contribution is -0.122. The van der Waals surface area contributed by atoms with Gasteiger partial charge in [0.05, 0.1) is 27.9 Å². The highest BCUT2D eigenvalue weighted by atomic mass is 35.5. The number of fused-ring (bicyclic) bond motifs is 1. The van der Waals surface area contributed by atoms with Gasteiger partial charge in [-0.05, 0) is 43.3 Å². The predicted octanol–water partition coefficient (Wildman–Crippen LogP) is 4.80. The molecule has 140 valence electrons. The highest BCUT2D eigenvalue weighted by Crippen LogP contribution is 2.29. The van der Waals surface area contributed by atoms with Gasteiger partial charge >= 0.3 is 5.97 Å². The van der Waals surface area contributed by atoms with Gasteiger partial charge in [0.25, 0.3) is 5.91 Å². The summed E-state index contributed by atoms with van der Waals surface area (Å²) in [4.78, 5) is 28.3. The van der Waals surface area contributed by atoms with Gasteiger partial charge in [-0.1, -0.05) is 34.5 Å². The zero-order chi connectivity index (χ0) is 19.6. The molecular formula is C18H14Cl2N2O4S. The molecule has 0 aliphatic heterocycles. The lowest BCUT2D eigenvalue weighted by Gasteiger charge is -2.14. The van der Waals surface area contributed by atoms with Crippen LogP contribution in [0.2, 0.25) is 10.0 Å². The van der Waals surface area contributed by atoms with E-state index in [0.717, 1.165) is 4.70 Å². The molecule has 1 heterocycles. The monoisotopic (exact) mass is 424 g/mol. The van der Waals surface area contributed by atoms with Crippen molar-refractivity contribution in [2.75, 3.05) is 12.4 Å². The summed E-state index contributed by atoms with van der Waals surface area (Å²) in [5.41, 5.74) is 1.08. The number of carbonyl (C=O) groups is 2. The van der Waals surface area contributed by atoms with Crippen molar-refractivity contribution in [1.82, 2.24) is 4.98 Å². The summed E-state index contributed by atoms with van der Waals surface area (Å²) in [6.45, 7) is 1.60. The second kappa shape index (κ2) is 8.12. The molecule has 0 aliphatic rings. The highest BCUT2D eigenvalue weighted by molar-refractivity contribution is 7.22. The number of methoxy groups -OCH3 is 1. The average molecular weight is 425 g/mol. The third-order valence-electron chi connectivity index (χ3n) is 3.61. The number of aromatic nitrogens is 1. The largest absolute Gasteiger partial charge is 0.479 e. The van der Waals surface area contributed by atoms with E-state index in [9.17, 15) is 9.59 Å². The second-order valence-corrected chi connectivity index (χ2v) is 7.39. The van der Waals surface area contributed by atoms with Gasteiger partial charge in [0, 0.05) is 5.02 Å². The van der Waals surface area contributed by atoms with E-state index in [2.05, 4.69) is 10.3 Å². The van der Waals surface area contributed by atoms with Crippen LogP contribution in [0.15, 0.2) is 36.4 Å². The van der Waals surface area contributed by atoms with Crippen LogP contribution >= 0.6 is 34.5 Å². The highest BCUT2D eigenvalue weighted by Gasteiger charge is 2.18. The van der Waals surface area contributed by atoms with E-state index in [-0.39, 0.29) is 5.91 Å². The van der Waals surface area contributed by atoms with Crippen molar-refractivity contribution in [1.29, 1.82) is 0 Å². The van der Waals surface area contributed by atoms with E-state index in [0.29, 0.717) is 32.0 Å². The first-order chi connectivity index (χ1) is 12.9. The van der Waals surface area contributed by atoms with Crippen molar-refractivity contribution >= 4 is 61.8 Å². The maximum Gasteiger partial charge on any atom is 0.337 e. The Morgan fingerprint density at radius 3 is 2.67 bits per heavy atom. The van der Waals surface area contributed by atoms with E-state index in [1.54, 1.807) is 37.3 Å². The number of halogens is 2. The Morgan fingerprint density at radius 2 is 1.96 bits per heavy atom. The number of thiazole rings is 1. The van der Waals surface area contributed by atoms with Crippen LogP contribution in [0.1, 0.15) is 17.3 Å². The van der Waals surface area contributed by atoms with Crippen molar-refractivity contribution in [3.8, 4) is 5.75 Å². The first kappa shape index (κ1) is 19.4. The molecule has 1 N–H and O–H groups in total. The minimum absolute atomic E-state index is 0.317. The minimum atomic E-state index is -0.804. The van der Waals surface area contributed by atoms with E-state index >= 15 is 0 Å². The van der Waals surface area contributed by atoms with Crippen molar-refractivity contribution in [2.45, 2.75) is 13.0 Å². The molecule has 27 heavy (non-hydrogen) atoms. The molecule has 0 saturated carbocycles. The lowest BCUT2D eigenvalue weighted by Crippen LogP contribution is -2.30. The number of esters is 1. The fourth-order valence-electron chi connectivity index (χ4n) is 2.24. The van der Waals surface area contributed by atoms with Gasteiger partial charge in [-0.3, -0.25) is 10.1 Å². The van der Waals surface area contributed by atoms with Crippen LogP contribution in [0.25, 0.3) is 10.2 Å². The summed E-state index contributed by atoms with van der Waals surface area (Å²) in [7, 11) is 1.32.